The van der Waals surface area contributed by atoms with E-state index in [2.05, 4.69) is 23.5 Å². The van der Waals surface area contributed by atoms with Crippen LogP contribution in [0.5, 0.6) is 11.5 Å². The van der Waals surface area contributed by atoms with Crippen LogP contribution < -0.4 is 14.8 Å². The number of hydrogen-bond acceptors (Lipinski definition) is 4. The molecule has 0 aliphatic heterocycles. The Bertz CT molecular complexity index is 1170. The molecule has 0 bridgehead atoms. The van der Waals surface area contributed by atoms with E-state index in [1.165, 1.54) is 6.08 Å². The summed E-state index contributed by atoms with van der Waals surface area (Å²) in [7, 11) is 1.58. The van der Waals surface area contributed by atoms with E-state index in [0.29, 0.717) is 29.4 Å². The topological polar surface area (TPSA) is 71.3 Å². The Morgan fingerprint density at radius 1 is 0.969 bits per heavy atom. The first kappa shape index (κ1) is 22.6. The maximum atomic E-state index is 12.7. The standard InChI is InChI=1S/C27H26N2O3/c1-18-5-8-24(9-6-18)29-27(30)23(16-28)14-22-7-10-25(31-4)15-26(22)32-17-21-12-19(2)11-20(3)13-21/h5-15H,17H2,1-4H3,(H,29,30)/b23-14+. The molecule has 0 saturated carbocycles. The number of anilines is 1. The first-order chi connectivity index (χ1) is 15.4. The number of nitriles is 1. The molecule has 0 saturated heterocycles. The Balaban J connectivity index is 1.86. The fourth-order valence-corrected chi connectivity index (χ4v) is 3.34. The maximum Gasteiger partial charge on any atom is 0.266 e. The van der Waals surface area contributed by atoms with Gasteiger partial charge in [-0.25, -0.2) is 0 Å². The molecule has 0 spiro atoms. The Hall–Kier alpha value is -4.04. The van der Waals surface area contributed by atoms with Gasteiger partial charge in [0.25, 0.3) is 5.91 Å². The maximum absolute atomic E-state index is 12.7. The van der Waals surface area contributed by atoms with Crippen molar-refractivity contribution in [3.8, 4) is 17.6 Å². The Morgan fingerprint density at radius 2 is 1.66 bits per heavy atom. The summed E-state index contributed by atoms with van der Waals surface area (Å²) in [5.74, 6) is 0.673. The quantitative estimate of drug-likeness (QED) is 0.386. The van der Waals surface area contributed by atoms with Gasteiger partial charge in [-0.1, -0.05) is 47.0 Å². The Labute approximate surface area is 188 Å². The SMILES string of the molecule is COc1ccc(/C=C(\C#N)C(=O)Nc2ccc(C)cc2)c(OCc2cc(C)cc(C)c2)c1. The minimum Gasteiger partial charge on any atom is -0.497 e. The molecule has 0 fully saturated rings. The molecule has 0 atom stereocenters. The van der Waals surface area contributed by atoms with Crippen LogP contribution in [-0.2, 0) is 11.4 Å². The van der Waals surface area contributed by atoms with Crippen molar-refractivity contribution in [2.75, 3.05) is 12.4 Å². The Morgan fingerprint density at radius 3 is 2.28 bits per heavy atom. The fourth-order valence-electron chi connectivity index (χ4n) is 3.34. The summed E-state index contributed by atoms with van der Waals surface area (Å²) in [4.78, 5) is 12.7. The van der Waals surface area contributed by atoms with E-state index < -0.39 is 5.91 Å². The number of hydrogen-bond donors (Lipinski definition) is 1. The van der Waals surface area contributed by atoms with Crippen LogP contribution in [0.3, 0.4) is 0 Å². The van der Waals surface area contributed by atoms with Gasteiger partial charge in [-0.05, 0) is 56.7 Å². The molecule has 0 radical (unpaired) electrons. The molecule has 0 aliphatic rings. The summed E-state index contributed by atoms with van der Waals surface area (Å²) in [6.45, 7) is 6.41. The summed E-state index contributed by atoms with van der Waals surface area (Å²) in [5.41, 5.74) is 5.67. The first-order valence-electron chi connectivity index (χ1n) is 10.3. The first-order valence-corrected chi connectivity index (χ1v) is 10.3. The molecule has 3 aromatic rings. The highest BCUT2D eigenvalue weighted by Gasteiger charge is 2.13. The molecule has 0 aliphatic carbocycles. The number of ether oxygens (including phenoxy) is 2. The van der Waals surface area contributed by atoms with Gasteiger partial charge < -0.3 is 14.8 Å². The molecule has 1 amide bonds. The molecule has 0 heterocycles. The highest BCUT2D eigenvalue weighted by Crippen LogP contribution is 2.28. The average Bonchev–Trinajstić information content (AvgIpc) is 2.77. The molecular weight excluding hydrogens is 400 g/mol. The van der Waals surface area contributed by atoms with Gasteiger partial charge >= 0.3 is 0 Å². The van der Waals surface area contributed by atoms with Gasteiger partial charge in [-0.15, -0.1) is 0 Å². The highest BCUT2D eigenvalue weighted by atomic mass is 16.5. The molecule has 0 unspecified atom stereocenters. The van der Waals surface area contributed by atoms with E-state index >= 15 is 0 Å². The van der Waals surface area contributed by atoms with E-state index in [-0.39, 0.29) is 5.57 Å². The van der Waals surface area contributed by atoms with Crippen LogP contribution >= 0.6 is 0 Å². The molecule has 0 aromatic heterocycles. The number of methoxy groups -OCH3 is 1. The number of nitrogens with zero attached hydrogens (tertiary/aromatic N) is 1. The van der Waals surface area contributed by atoms with E-state index in [1.807, 2.05) is 39.0 Å². The number of carbonyl (C=O) groups excluding carboxylic acids is 1. The predicted molar refractivity (Wildman–Crippen MR) is 127 cm³/mol. The molecule has 162 valence electrons. The monoisotopic (exact) mass is 426 g/mol. The molecule has 32 heavy (non-hydrogen) atoms. The lowest BCUT2D eigenvalue weighted by Crippen LogP contribution is -2.13. The summed E-state index contributed by atoms with van der Waals surface area (Å²) in [6, 6.07) is 20.9. The van der Waals surface area contributed by atoms with Crippen molar-refractivity contribution in [2.24, 2.45) is 0 Å². The minimum atomic E-state index is -0.479. The van der Waals surface area contributed by atoms with Gasteiger partial charge in [-0.2, -0.15) is 5.26 Å². The number of rotatable bonds is 7. The molecule has 5 nitrogen and oxygen atoms in total. The van der Waals surface area contributed by atoms with Crippen LogP contribution in [0, 0.1) is 32.1 Å². The normalized spacial score (nSPS) is 10.9. The van der Waals surface area contributed by atoms with E-state index in [9.17, 15) is 10.1 Å². The fraction of sp³-hybridized carbons (Fsp3) is 0.185. The summed E-state index contributed by atoms with van der Waals surface area (Å²) in [5, 5.41) is 12.4. The molecule has 3 aromatic carbocycles. The van der Waals surface area contributed by atoms with E-state index in [1.54, 1.807) is 37.4 Å². The van der Waals surface area contributed by atoms with Crippen LogP contribution in [0.2, 0.25) is 0 Å². The van der Waals surface area contributed by atoms with Crippen LogP contribution in [0.15, 0.2) is 66.2 Å². The van der Waals surface area contributed by atoms with Crippen molar-refractivity contribution in [3.05, 3.63) is 94.1 Å². The lowest BCUT2D eigenvalue weighted by molar-refractivity contribution is -0.112. The van der Waals surface area contributed by atoms with Crippen LogP contribution in [-0.4, -0.2) is 13.0 Å². The number of benzene rings is 3. The summed E-state index contributed by atoms with van der Waals surface area (Å²) < 4.78 is 11.4. The zero-order chi connectivity index (χ0) is 23.1. The van der Waals surface area contributed by atoms with Crippen molar-refractivity contribution in [1.29, 1.82) is 5.26 Å². The Kier molecular flexibility index (Phi) is 7.30. The van der Waals surface area contributed by atoms with Crippen molar-refractivity contribution in [2.45, 2.75) is 27.4 Å². The van der Waals surface area contributed by atoms with Crippen LogP contribution in [0.25, 0.3) is 6.08 Å². The van der Waals surface area contributed by atoms with Gasteiger partial charge in [0.1, 0.15) is 29.7 Å². The summed E-state index contributed by atoms with van der Waals surface area (Å²) >= 11 is 0. The second kappa shape index (κ2) is 10.3. The van der Waals surface area contributed by atoms with E-state index in [4.69, 9.17) is 9.47 Å². The second-order valence-electron chi connectivity index (χ2n) is 7.68. The van der Waals surface area contributed by atoms with Crippen LogP contribution in [0.4, 0.5) is 5.69 Å². The predicted octanol–water partition coefficient (Wildman–Crippen LogP) is 5.75. The number of amides is 1. The lowest BCUT2D eigenvalue weighted by atomic mass is 10.1. The molecule has 5 heteroatoms. The van der Waals surface area contributed by atoms with Crippen LogP contribution in [0.1, 0.15) is 27.8 Å². The summed E-state index contributed by atoms with van der Waals surface area (Å²) in [6.07, 6.45) is 1.53. The van der Waals surface area contributed by atoms with E-state index in [0.717, 1.165) is 22.3 Å². The third-order valence-corrected chi connectivity index (χ3v) is 4.87. The number of nitrogens with one attached hydrogen (secondary N) is 1. The highest BCUT2D eigenvalue weighted by molar-refractivity contribution is 6.09. The van der Waals surface area contributed by atoms with Gasteiger partial charge in [0.2, 0.25) is 0 Å². The number of aryl methyl sites for hydroxylation is 3. The smallest absolute Gasteiger partial charge is 0.266 e. The second-order valence-corrected chi connectivity index (χ2v) is 7.68. The van der Waals surface area contributed by atoms with Gasteiger partial charge in [0, 0.05) is 17.3 Å². The lowest BCUT2D eigenvalue weighted by Gasteiger charge is -2.13. The third-order valence-electron chi connectivity index (χ3n) is 4.87. The van der Waals surface area contributed by atoms with Crippen molar-refractivity contribution in [3.63, 3.8) is 0 Å². The molecular formula is C27H26N2O3. The zero-order valence-electron chi connectivity index (χ0n) is 18.7. The molecule has 1 N–H and O–H groups in total. The van der Waals surface area contributed by atoms with Gasteiger partial charge in [0.05, 0.1) is 7.11 Å². The number of carbonyl (C=O) groups is 1. The average molecular weight is 427 g/mol. The van der Waals surface area contributed by atoms with Gasteiger partial charge in [0.15, 0.2) is 0 Å². The third kappa shape index (κ3) is 5.99. The van der Waals surface area contributed by atoms with Crippen molar-refractivity contribution in [1.82, 2.24) is 0 Å². The largest absolute Gasteiger partial charge is 0.497 e. The molecule has 3 rings (SSSR count). The zero-order valence-corrected chi connectivity index (χ0v) is 18.7. The van der Waals surface area contributed by atoms with Crippen molar-refractivity contribution >= 4 is 17.7 Å². The van der Waals surface area contributed by atoms with Crippen molar-refractivity contribution < 1.29 is 14.3 Å². The minimum absolute atomic E-state index is 0.0213. The van der Waals surface area contributed by atoms with Gasteiger partial charge in [-0.3, -0.25) is 4.79 Å².